The van der Waals surface area contributed by atoms with Gasteiger partial charge in [0.25, 0.3) is 0 Å². The van der Waals surface area contributed by atoms with Crippen LogP contribution in [-0.2, 0) is 6.54 Å². The summed E-state index contributed by atoms with van der Waals surface area (Å²) in [6, 6.07) is 6.90. The fraction of sp³-hybridized carbons (Fsp3) is 0.667. The number of nitrogens with zero attached hydrogens (tertiary/aromatic N) is 1. The highest BCUT2D eigenvalue weighted by Gasteiger charge is 2.36. The van der Waals surface area contributed by atoms with E-state index in [9.17, 15) is 4.39 Å². The molecule has 2 aliphatic carbocycles. The van der Waals surface area contributed by atoms with Gasteiger partial charge < -0.3 is 10.2 Å². The van der Waals surface area contributed by atoms with Crippen molar-refractivity contribution in [2.45, 2.75) is 63.6 Å². The summed E-state index contributed by atoms with van der Waals surface area (Å²) in [7, 11) is 0. The van der Waals surface area contributed by atoms with E-state index in [-0.39, 0.29) is 5.82 Å². The number of fused-ring (bicyclic) bond motifs is 1. The van der Waals surface area contributed by atoms with Gasteiger partial charge in [-0.2, -0.15) is 0 Å². The first-order valence-electron chi connectivity index (χ1n) is 8.60. The molecular weight excluding hydrogens is 263 g/mol. The van der Waals surface area contributed by atoms with Crippen molar-refractivity contribution in [1.82, 2.24) is 5.32 Å². The molecule has 2 saturated carbocycles. The topological polar surface area (TPSA) is 15.3 Å². The second-order valence-electron chi connectivity index (χ2n) is 6.99. The smallest absolute Gasteiger partial charge is 0.129 e. The number of halogens is 1. The molecule has 1 heterocycles. The van der Waals surface area contributed by atoms with Crippen molar-refractivity contribution in [3.63, 3.8) is 0 Å². The van der Waals surface area contributed by atoms with Crippen molar-refractivity contribution in [3.8, 4) is 0 Å². The van der Waals surface area contributed by atoms with Crippen molar-refractivity contribution in [3.05, 3.63) is 29.6 Å². The van der Waals surface area contributed by atoms with Crippen LogP contribution in [0.3, 0.4) is 0 Å². The Balaban J connectivity index is 1.61. The Labute approximate surface area is 126 Å². The molecule has 2 unspecified atom stereocenters. The van der Waals surface area contributed by atoms with Crippen molar-refractivity contribution in [2.24, 2.45) is 5.92 Å². The van der Waals surface area contributed by atoms with Gasteiger partial charge in [-0.15, -0.1) is 0 Å². The number of benzene rings is 1. The van der Waals surface area contributed by atoms with E-state index in [1.165, 1.54) is 44.9 Å². The standard InChI is InChI=1S/C18H25FN2/c19-16-6-2-8-18(15(16)12-20-14-9-10-14)21-11-3-5-13-4-1-7-17(13)21/h2,6,8,13-14,17,20H,1,3-5,7,9-12H2. The van der Waals surface area contributed by atoms with Crippen LogP contribution in [0.1, 0.15) is 50.5 Å². The third-order valence-electron chi connectivity index (χ3n) is 5.54. The average molecular weight is 288 g/mol. The minimum Gasteiger partial charge on any atom is -0.368 e. The van der Waals surface area contributed by atoms with E-state index >= 15 is 0 Å². The largest absolute Gasteiger partial charge is 0.368 e. The van der Waals surface area contributed by atoms with Crippen molar-refractivity contribution < 1.29 is 4.39 Å². The summed E-state index contributed by atoms with van der Waals surface area (Å²) in [6.45, 7) is 1.78. The van der Waals surface area contributed by atoms with Crippen LogP contribution in [0.5, 0.6) is 0 Å². The van der Waals surface area contributed by atoms with Gasteiger partial charge in [-0.3, -0.25) is 0 Å². The van der Waals surface area contributed by atoms with Gasteiger partial charge in [-0.05, 0) is 56.6 Å². The molecule has 0 aromatic heterocycles. The first-order valence-corrected chi connectivity index (χ1v) is 8.60. The lowest BCUT2D eigenvalue weighted by Gasteiger charge is -2.40. The maximum absolute atomic E-state index is 14.4. The molecule has 21 heavy (non-hydrogen) atoms. The molecule has 0 spiro atoms. The zero-order valence-electron chi connectivity index (χ0n) is 12.7. The molecular formula is C18H25FN2. The molecule has 4 rings (SSSR count). The molecule has 2 nitrogen and oxygen atoms in total. The lowest BCUT2D eigenvalue weighted by atomic mass is 9.91. The molecule has 2 atom stereocenters. The summed E-state index contributed by atoms with van der Waals surface area (Å²) in [5.74, 6) is 0.798. The zero-order chi connectivity index (χ0) is 14.2. The molecule has 3 aliphatic rings. The second kappa shape index (κ2) is 5.60. The fourth-order valence-corrected chi connectivity index (χ4v) is 4.28. The van der Waals surface area contributed by atoms with Gasteiger partial charge >= 0.3 is 0 Å². The Kier molecular flexibility index (Phi) is 3.62. The molecule has 1 aromatic rings. The molecule has 1 saturated heterocycles. The molecule has 1 aromatic carbocycles. The molecule has 3 heteroatoms. The minimum absolute atomic E-state index is 0.0410. The van der Waals surface area contributed by atoms with Crippen LogP contribution in [-0.4, -0.2) is 18.6 Å². The quantitative estimate of drug-likeness (QED) is 0.905. The lowest BCUT2D eigenvalue weighted by Crippen LogP contribution is -2.43. The summed E-state index contributed by atoms with van der Waals surface area (Å²) in [5.41, 5.74) is 2.04. The lowest BCUT2D eigenvalue weighted by molar-refractivity contribution is 0.361. The van der Waals surface area contributed by atoms with E-state index in [2.05, 4.69) is 16.3 Å². The predicted octanol–water partition coefficient (Wildman–Crippen LogP) is 3.85. The first-order chi connectivity index (χ1) is 10.3. The summed E-state index contributed by atoms with van der Waals surface area (Å²) in [4.78, 5) is 2.52. The van der Waals surface area contributed by atoms with Crippen molar-refractivity contribution >= 4 is 5.69 Å². The Morgan fingerprint density at radius 3 is 2.81 bits per heavy atom. The highest BCUT2D eigenvalue weighted by atomic mass is 19.1. The van der Waals surface area contributed by atoms with Crippen LogP contribution >= 0.6 is 0 Å². The average Bonchev–Trinajstić information content (AvgIpc) is 3.20. The molecule has 0 radical (unpaired) electrons. The van der Waals surface area contributed by atoms with E-state index in [1.54, 1.807) is 6.07 Å². The van der Waals surface area contributed by atoms with E-state index in [0.29, 0.717) is 18.6 Å². The number of anilines is 1. The van der Waals surface area contributed by atoms with Crippen LogP contribution in [0.2, 0.25) is 0 Å². The molecule has 0 bridgehead atoms. The van der Waals surface area contributed by atoms with Crippen LogP contribution in [0.4, 0.5) is 10.1 Å². The molecule has 1 aliphatic heterocycles. The summed E-state index contributed by atoms with van der Waals surface area (Å²) < 4.78 is 14.4. The van der Waals surface area contributed by atoms with Crippen LogP contribution in [0.15, 0.2) is 18.2 Å². The highest BCUT2D eigenvalue weighted by Crippen LogP contribution is 2.40. The third-order valence-corrected chi connectivity index (χ3v) is 5.54. The molecule has 0 amide bonds. The Hall–Kier alpha value is -1.09. The summed E-state index contributed by atoms with van der Waals surface area (Å²) in [5, 5.41) is 3.49. The predicted molar refractivity (Wildman–Crippen MR) is 84.0 cm³/mol. The fourth-order valence-electron chi connectivity index (χ4n) is 4.28. The van der Waals surface area contributed by atoms with Crippen molar-refractivity contribution in [2.75, 3.05) is 11.4 Å². The molecule has 114 valence electrons. The van der Waals surface area contributed by atoms with E-state index in [0.717, 1.165) is 23.7 Å². The van der Waals surface area contributed by atoms with Gasteiger partial charge in [-0.1, -0.05) is 12.5 Å². The monoisotopic (exact) mass is 288 g/mol. The van der Waals surface area contributed by atoms with Crippen molar-refractivity contribution in [1.29, 1.82) is 0 Å². The Morgan fingerprint density at radius 2 is 1.95 bits per heavy atom. The van der Waals surface area contributed by atoms with E-state index in [4.69, 9.17) is 0 Å². The van der Waals surface area contributed by atoms with E-state index in [1.807, 2.05) is 6.07 Å². The minimum atomic E-state index is -0.0410. The third kappa shape index (κ3) is 2.68. The normalized spacial score (nSPS) is 28.7. The van der Waals surface area contributed by atoms with E-state index < -0.39 is 0 Å². The number of rotatable bonds is 4. The van der Waals surface area contributed by atoms with Crippen LogP contribution in [0.25, 0.3) is 0 Å². The number of hydrogen-bond donors (Lipinski definition) is 1. The molecule has 3 fully saturated rings. The number of nitrogens with one attached hydrogen (secondary N) is 1. The van der Waals surface area contributed by atoms with Gasteiger partial charge in [0, 0.05) is 36.4 Å². The first kappa shape index (κ1) is 13.6. The van der Waals surface area contributed by atoms with Crippen LogP contribution < -0.4 is 10.2 Å². The second-order valence-corrected chi connectivity index (χ2v) is 6.99. The van der Waals surface area contributed by atoms with Gasteiger partial charge in [0.05, 0.1) is 0 Å². The Bertz CT molecular complexity index is 512. The van der Waals surface area contributed by atoms with Gasteiger partial charge in [0.15, 0.2) is 0 Å². The number of piperidine rings is 1. The maximum atomic E-state index is 14.4. The molecule has 1 N–H and O–H groups in total. The van der Waals surface area contributed by atoms with Gasteiger partial charge in [-0.25, -0.2) is 4.39 Å². The zero-order valence-corrected chi connectivity index (χ0v) is 12.7. The van der Waals surface area contributed by atoms with Gasteiger partial charge in [0.2, 0.25) is 0 Å². The van der Waals surface area contributed by atoms with Gasteiger partial charge in [0.1, 0.15) is 5.82 Å². The summed E-state index contributed by atoms with van der Waals surface area (Å²) in [6.07, 6.45) is 9.12. The summed E-state index contributed by atoms with van der Waals surface area (Å²) >= 11 is 0. The highest BCUT2D eigenvalue weighted by molar-refractivity contribution is 5.55. The Morgan fingerprint density at radius 1 is 1.10 bits per heavy atom. The number of hydrogen-bond acceptors (Lipinski definition) is 2. The SMILES string of the molecule is Fc1cccc(N2CCCC3CCCC32)c1CNC1CC1. The van der Waals surface area contributed by atoms with Crippen LogP contribution in [0, 0.1) is 11.7 Å². The maximum Gasteiger partial charge on any atom is 0.129 e.